The van der Waals surface area contributed by atoms with Crippen molar-refractivity contribution in [1.29, 1.82) is 5.26 Å². The molecule has 1 unspecified atom stereocenters. The molecule has 0 saturated heterocycles. The van der Waals surface area contributed by atoms with E-state index in [-0.39, 0.29) is 12.5 Å². The second kappa shape index (κ2) is 5.46. The van der Waals surface area contributed by atoms with Crippen molar-refractivity contribution in [2.75, 3.05) is 6.54 Å². The number of furan rings is 1. The van der Waals surface area contributed by atoms with E-state index < -0.39 is 5.60 Å². The summed E-state index contributed by atoms with van der Waals surface area (Å²) in [6, 6.07) is 5.12. The number of H-pyrrole nitrogens is 1. The number of aliphatic hydroxyl groups is 1. The molecule has 2 heterocycles. The molecule has 0 aliphatic carbocycles. The Bertz CT molecular complexity index is 704. The van der Waals surface area contributed by atoms with Crippen LogP contribution < -0.4 is 5.32 Å². The van der Waals surface area contributed by atoms with Gasteiger partial charge in [-0.25, -0.2) is 0 Å². The highest BCUT2D eigenvalue weighted by molar-refractivity contribution is 5.94. The number of carbonyl (C=O) groups excluding carboxylic acids is 1. The highest BCUT2D eigenvalue weighted by Crippen LogP contribution is 2.26. The Morgan fingerprint density at radius 2 is 2.24 bits per heavy atom. The van der Waals surface area contributed by atoms with E-state index >= 15 is 0 Å². The average molecular weight is 287 g/mol. The SMILES string of the molecule is Cc1cc(C(C)(O)CNC(=O)c2c[nH]c(C#N)c2)c(C)o1. The number of carbonyl (C=O) groups is 1. The molecule has 1 atom stereocenters. The van der Waals surface area contributed by atoms with E-state index in [9.17, 15) is 9.90 Å². The van der Waals surface area contributed by atoms with E-state index in [4.69, 9.17) is 9.68 Å². The van der Waals surface area contributed by atoms with E-state index in [0.29, 0.717) is 28.3 Å². The maximum absolute atomic E-state index is 12.0. The molecule has 6 heteroatoms. The molecule has 2 aromatic heterocycles. The molecule has 0 aliphatic rings. The summed E-state index contributed by atoms with van der Waals surface area (Å²) in [7, 11) is 0. The molecule has 0 radical (unpaired) electrons. The van der Waals surface area contributed by atoms with Crippen LogP contribution in [0, 0.1) is 25.2 Å². The van der Waals surface area contributed by atoms with Crippen LogP contribution in [0.15, 0.2) is 22.7 Å². The van der Waals surface area contributed by atoms with Crippen molar-refractivity contribution < 1.29 is 14.3 Å². The highest BCUT2D eigenvalue weighted by atomic mass is 16.3. The van der Waals surface area contributed by atoms with Gasteiger partial charge in [-0.1, -0.05) is 0 Å². The first-order valence-corrected chi connectivity index (χ1v) is 6.50. The lowest BCUT2D eigenvalue weighted by molar-refractivity contribution is 0.0514. The minimum absolute atomic E-state index is 0.0404. The van der Waals surface area contributed by atoms with Gasteiger partial charge in [0, 0.05) is 11.8 Å². The van der Waals surface area contributed by atoms with E-state index in [1.54, 1.807) is 26.8 Å². The first kappa shape index (κ1) is 14.9. The van der Waals surface area contributed by atoms with Crippen LogP contribution in [0.4, 0.5) is 0 Å². The third kappa shape index (κ3) is 3.15. The normalized spacial score (nSPS) is 13.5. The largest absolute Gasteiger partial charge is 0.466 e. The van der Waals surface area contributed by atoms with E-state index in [1.807, 2.05) is 6.07 Å². The molecule has 0 spiro atoms. The highest BCUT2D eigenvalue weighted by Gasteiger charge is 2.28. The van der Waals surface area contributed by atoms with Crippen molar-refractivity contribution in [3.05, 3.63) is 46.7 Å². The van der Waals surface area contributed by atoms with Gasteiger partial charge in [-0.05, 0) is 32.9 Å². The minimum Gasteiger partial charge on any atom is -0.466 e. The molecule has 1 amide bonds. The number of nitrogens with zero attached hydrogens (tertiary/aromatic N) is 1. The predicted molar refractivity (Wildman–Crippen MR) is 75.6 cm³/mol. The molecule has 0 aromatic carbocycles. The molecule has 21 heavy (non-hydrogen) atoms. The van der Waals surface area contributed by atoms with Gasteiger partial charge < -0.3 is 19.8 Å². The lowest BCUT2D eigenvalue weighted by Crippen LogP contribution is -2.38. The van der Waals surface area contributed by atoms with Crippen LogP contribution in [0.2, 0.25) is 0 Å². The maximum Gasteiger partial charge on any atom is 0.252 e. The molecule has 0 aliphatic heterocycles. The predicted octanol–water partition coefficient (Wildman–Crippen LogP) is 1.73. The molecule has 2 aromatic rings. The summed E-state index contributed by atoms with van der Waals surface area (Å²) in [6.07, 6.45) is 1.45. The fourth-order valence-corrected chi connectivity index (χ4v) is 2.21. The van der Waals surface area contributed by atoms with Gasteiger partial charge in [0.15, 0.2) is 0 Å². The van der Waals surface area contributed by atoms with Gasteiger partial charge >= 0.3 is 0 Å². The summed E-state index contributed by atoms with van der Waals surface area (Å²) in [5.41, 5.74) is 0.0778. The van der Waals surface area contributed by atoms with E-state index in [2.05, 4.69) is 10.3 Å². The van der Waals surface area contributed by atoms with Crippen molar-refractivity contribution in [1.82, 2.24) is 10.3 Å². The van der Waals surface area contributed by atoms with Gasteiger partial charge in [0.1, 0.15) is 28.9 Å². The number of nitrogens with one attached hydrogen (secondary N) is 2. The number of aryl methyl sites for hydroxylation is 2. The number of aromatic amines is 1. The fraction of sp³-hybridized carbons (Fsp3) is 0.333. The zero-order valence-corrected chi connectivity index (χ0v) is 12.2. The smallest absolute Gasteiger partial charge is 0.252 e. The van der Waals surface area contributed by atoms with Crippen molar-refractivity contribution in [2.24, 2.45) is 0 Å². The number of rotatable bonds is 4. The van der Waals surface area contributed by atoms with Crippen LogP contribution in [0.1, 0.15) is 40.1 Å². The molecule has 3 N–H and O–H groups in total. The molecule has 0 bridgehead atoms. The molecule has 110 valence electrons. The van der Waals surface area contributed by atoms with Gasteiger partial charge in [0.2, 0.25) is 0 Å². The number of hydrogen-bond donors (Lipinski definition) is 3. The van der Waals surface area contributed by atoms with E-state index in [1.165, 1.54) is 12.3 Å². The van der Waals surface area contributed by atoms with Crippen molar-refractivity contribution >= 4 is 5.91 Å². The van der Waals surface area contributed by atoms with Crippen LogP contribution in [0.3, 0.4) is 0 Å². The zero-order valence-electron chi connectivity index (χ0n) is 12.2. The van der Waals surface area contributed by atoms with Crippen molar-refractivity contribution in [3.8, 4) is 6.07 Å². The zero-order chi connectivity index (χ0) is 15.6. The summed E-state index contributed by atoms with van der Waals surface area (Å²) in [5, 5.41) is 21.9. The fourth-order valence-electron chi connectivity index (χ4n) is 2.21. The van der Waals surface area contributed by atoms with Crippen LogP contribution >= 0.6 is 0 Å². The van der Waals surface area contributed by atoms with Crippen LogP contribution in [-0.4, -0.2) is 22.5 Å². The molecule has 0 fully saturated rings. The Kier molecular flexibility index (Phi) is 3.87. The second-order valence-corrected chi connectivity index (χ2v) is 5.20. The summed E-state index contributed by atoms with van der Waals surface area (Å²) >= 11 is 0. The van der Waals surface area contributed by atoms with Gasteiger partial charge in [0.25, 0.3) is 5.91 Å². The Hall–Kier alpha value is -2.52. The lowest BCUT2D eigenvalue weighted by Gasteiger charge is -2.23. The Morgan fingerprint density at radius 3 is 2.76 bits per heavy atom. The van der Waals surface area contributed by atoms with Gasteiger partial charge in [-0.2, -0.15) is 5.26 Å². The molecule has 6 nitrogen and oxygen atoms in total. The summed E-state index contributed by atoms with van der Waals surface area (Å²) in [5.74, 6) is 0.976. The Labute approximate surface area is 122 Å². The average Bonchev–Trinajstić information content (AvgIpc) is 3.02. The Morgan fingerprint density at radius 1 is 1.52 bits per heavy atom. The molecular formula is C15H17N3O3. The molecule has 0 saturated carbocycles. The first-order chi connectivity index (χ1) is 9.83. The van der Waals surface area contributed by atoms with Crippen LogP contribution in [0.5, 0.6) is 0 Å². The minimum atomic E-state index is -1.23. The lowest BCUT2D eigenvalue weighted by atomic mass is 9.96. The third-order valence-electron chi connectivity index (χ3n) is 3.28. The molecular weight excluding hydrogens is 270 g/mol. The van der Waals surface area contributed by atoms with Gasteiger partial charge in [-0.3, -0.25) is 4.79 Å². The quantitative estimate of drug-likeness (QED) is 0.797. The summed E-state index contributed by atoms with van der Waals surface area (Å²) < 4.78 is 5.40. The first-order valence-electron chi connectivity index (χ1n) is 6.50. The maximum atomic E-state index is 12.0. The molecule has 2 rings (SSSR count). The third-order valence-corrected chi connectivity index (χ3v) is 3.28. The Balaban J connectivity index is 2.06. The van der Waals surface area contributed by atoms with Gasteiger partial charge in [0.05, 0.1) is 12.1 Å². The van der Waals surface area contributed by atoms with Crippen LogP contribution in [-0.2, 0) is 5.60 Å². The monoisotopic (exact) mass is 287 g/mol. The number of amides is 1. The van der Waals surface area contributed by atoms with E-state index in [0.717, 1.165) is 0 Å². The number of nitriles is 1. The van der Waals surface area contributed by atoms with Crippen molar-refractivity contribution in [3.63, 3.8) is 0 Å². The standard InChI is InChI=1S/C15H17N3O3/c1-9-4-13(10(2)21-9)15(3,20)8-18-14(19)11-5-12(6-16)17-7-11/h4-5,7,17,20H,8H2,1-3H3,(H,18,19). The van der Waals surface area contributed by atoms with Crippen LogP contribution in [0.25, 0.3) is 0 Å². The second-order valence-electron chi connectivity index (χ2n) is 5.20. The van der Waals surface area contributed by atoms with Crippen molar-refractivity contribution in [2.45, 2.75) is 26.4 Å². The topological polar surface area (TPSA) is 102 Å². The summed E-state index contributed by atoms with van der Waals surface area (Å²) in [6.45, 7) is 5.22. The van der Waals surface area contributed by atoms with Gasteiger partial charge in [-0.15, -0.1) is 0 Å². The number of aromatic nitrogens is 1. The number of hydrogen-bond acceptors (Lipinski definition) is 4. The summed E-state index contributed by atoms with van der Waals surface area (Å²) in [4.78, 5) is 14.6.